The maximum Gasteiger partial charge on any atom is 0.374 e. The topological polar surface area (TPSA) is 118 Å². The van der Waals surface area contributed by atoms with Crippen molar-refractivity contribution in [2.45, 2.75) is 11.8 Å². The smallest absolute Gasteiger partial charge is 0.374 e. The molecule has 25 heavy (non-hydrogen) atoms. The molecule has 130 valence electrons. The van der Waals surface area contributed by atoms with E-state index in [1.807, 2.05) is 0 Å². The highest BCUT2D eigenvalue weighted by molar-refractivity contribution is 7.92. The first kappa shape index (κ1) is 16.8. The predicted octanol–water partition coefficient (Wildman–Crippen LogP) is 2.10. The van der Waals surface area contributed by atoms with Gasteiger partial charge < -0.3 is 14.1 Å². The summed E-state index contributed by atoms with van der Waals surface area (Å²) in [5.41, 5.74) is -0.447. The van der Waals surface area contributed by atoms with E-state index in [9.17, 15) is 18.0 Å². The van der Waals surface area contributed by atoms with Crippen molar-refractivity contribution in [3.05, 3.63) is 58.7 Å². The fourth-order valence-corrected chi connectivity index (χ4v) is 3.26. The second-order valence-electron chi connectivity index (χ2n) is 5.05. The molecule has 0 unspecified atom stereocenters. The van der Waals surface area contributed by atoms with Crippen LogP contribution in [0.15, 0.2) is 56.7 Å². The molecule has 0 aliphatic rings. The minimum atomic E-state index is -3.99. The summed E-state index contributed by atoms with van der Waals surface area (Å²) in [4.78, 5) is 25.6. The lowest BCUT2D eigenvalue weighted by molar-refractivity contribution is 0.0492. The van der Waals surface area contributed by atoms with Crippen molar-refractivity contribution >= 4 is 32.6 Å². The molecule has 0 radical (unpaired) electrons. The van der Waals surface area contributed by atoms with Gasteiger partial charge in [-0.05, 0) is 37.3 Å². The average molecular weight is 362 g/mol. The normalized spacial score (nSPS) is 11.4. The number of furan rings is 1. The Bertz CT molecular complexity index is 1100. The standard InChI is InChI=1S/C16H14N2O6S/c1-2-23-16(20)14-8-10-5-6-11(9-13(10)24-14)25(21,22)18-12-4-3-7-17-15(12)19/h3-9,18H,2H2,1H3,(H,17,19). The second-order valence-corrected chi connectivity index (χ2v) is 6.73. The zero-order valence-electron chi connectivity index (χ0n) is 13.1. The number of benzene rings is 1. The van der Waals surface area contributed by atoms with E-state index in [1.54, 1.807) is 6.92 Å². The third-order valence-electron chi connectivity index (χ3n) is 3.34. The van der Waals surface area contributed by atoms with Gasteiger partial charge in [0, 0.05) is 17.6 Å². The minimum Gasteiger partial charge on any atom is -0.460 e. The van der Waals surface area contributed by atoms with E-state index in [-0.39, 0.29) is 28.5 Å². The Morgan fingerprint density at radius 1 is 1.28 bits per heavy atom. The van der Waals surface area contributed by atoms with Crippen LogP contribution in [0.1, 0.15) is 17.5 Å². The van der Waals surface area contributed by atoms with Gasteiger partial charge in [-0.3, -0.25) is 9.52 Å². The van der Waals surface area contributed by atoms with E-state index in [2.05, 4.69) is 9.71 Å². The van der Waals surface area contributed by atoms with Crippen LogP contribution in [-0.4, -0.2) is 26.0 Å². The second kappa shape index (κ2) is 6.44. The Labute approximate surface area is 142 Å². The number of hydrogen-bond donors (Lipinski definition) is 2. The number of pyridine rings is 1. The molecule has 0 saturated carbocycles. The number of fused-ring (bicyclic) bond motifs is 1. The number of carbonyl (C=O) groups is 1. The Hall–Kier alpha value is -3.07. The van der Waals surface area contributed by atoms with Gasteiger partial charge in [0.15, 0.2) is 0 Å². The number of aromatic nitrogens is 1. The molecule has 9 heteroatoms. The zero-order chi connectivity index (χ0) is 18.0. The van der Waals surface area contributed by atoms with Crippen molar-refractivity contribution in [2.24, 2.45) is 0 Å². The van der Waals surface area contributed by atoms with Gasteiger partial charge in [0.05, 0.1) is 11.5 Å². The van der Waals surface area contributed by atoms with Crippen molar-refractivity contribution in [2.75, 3.05) is 11.3 Å². The zero-order valence-corrected chi connectivity index (χ0v) is 13.9. The van der Waals surface area contributed by atoms with Crippen molar-refractivity contribution in [3.63, 3.8) is 0 Å². The number of nitrogens with one attached hydrogen (secondary N) is 2. The summed E-state index contributed by atoms with van der Waals surface area (Å²) in [7, 11) is -3.99. The van der Waals surface area contributed by atoms with Crippen molar-refractivity contribution in [1.82, 2.24) is 4.98 Å². The molecule has 2 aromatic heterocycles. The Kier molecular flexibility index (Phi) is 4.32. The van der Waals surface area contributed by atoms with E-state index in [0.29, 0.717) is 5.39 Å². The fourth-order valence-electron chi connectivity index (χ4n) is 2.19. The predicted molar refractivity (Wildman–Crippen MR) is 90.0 cm³/mol. The molecule has 0 saturated heterocycles. The number of rotatable bonds is 5. The first-order valence-electron chi connectivity index (χ1n) is 7.32. The van der Waals surface area contributed by atoms with Crippen LogP contribution in [0.2, 0.25) is 0 Å². The number of esters is 1. The van der Waals surface area contributed by atoms with Crippen molar-refractivity contribution in [3.8, 4) is 0 Å². The lowest BCUT2D eigenvalue weighted by Crippen LogP contribution is -2.19. The van der Waals surface area contributed by atoms with Gasteiger partial charge in [-0.2, -0.15) is 0 Å². The Morgan fingerprint density at radius 2 is 2.08 bits per heavy atom. The van der Waals surface area contributed by atoms with Crippen LogP contribution < -0.4 is 10.3 Å². The third kappa shape index (κ3) is 3.41. The average Bonchev–Trinajstić information content (AvgIpc) is 3.00. The molecule has 0 aliphatic carbocycles. The first-order valence-corrected chi connectivity index (χ1v) is 8.80. The summed E-state index contributed by atoms with van der Waals surface area (Å²) in [5, 5.41) is 0.555. The van der Waals surface area contributed by atoms with E-state index in [0.717, 1.165) is 0 Å². The molecule has 3 aromatic rings. The van der Waals surface area contributed by atoms with Crippen LogP contribution in [0.4, 0.5) is 5.69 Å². The first-order chi connectivity index (χ1) is 11.9. The molecular formula is C16H14N2O6S. The van der Waals surface area contributed by atoms with Crippen molar-refractivity contribution in [1.29, 1.82) is 0 Å². The van der Waals surface area contributed by atoms with Gasteiger partial charge in [-0.1, -0.05) is 0 Å². The molecule has 1 aromatic carbocycles. The highest BCUT2D eigenvalue weighted by Crippen LogP contribution is 2.24. The van der Waals surface area contributed by atoms with Crippen LogP contribution in [-0.2, 0) is 14.8 Å². The fraction of sp³-hybridized carbons (Fsp3) is 0.125. The molecule has 3 rings (SSSR count). The molecule has 8 nitrogen and oxygen atoms in total. The number of H-pyrrole nitrogens is 1. The molecule has 2 heterocycles. The molecule has 0 spiro atoms. The number of carbonyl (C=O) groups excluding carboxylic acids is 1. The summed E-state index contributed by atoms with van der Waals surface area (Å²) in [5.74, 6) is -0.643. The van der Waals surface area contributed by atoms with E-state index in [1.165, 1.54) is 42.6 Å². The van der Waals surface area contributed by atoms with Crippen LogP contribution >= 0.6 is 0 Å². The molecule has 0 bridgehead atoms. The van der Waals surface area contributed by atoms with Crippen LogP contribution in [0, 0.1) is 0 Å². The SMILES string of the molecule is CCOC(=O)c1cc2ccc(S(=O)(=O)Nc3ccc[nH]c3=O)cc2o1. The van der Waals surface area contributed by atoms with Gasteiger partial charge in [0.2, 0.25) is 5.76 Å². The number of anilines is 1. The molecule has 0 amide bonds. The maximum atomic E-state index is 12.4. The molecule has 0 fully saturated rings. The Morgan fingerprint density at radius 3 is 2.80 bits per heavy atom. The van der Waals surface area contributed by atoms with Gasteiger partial charge >= 0.3 is 5.97 Å². The van der Waals surface area contributed by atoms with Gasteiger partial charge in [0.25, 0.3) is 15.6 Å². The third-order valence-corrected chi connectivity index (χ3v) is 4.70. The number of sulfonamides is 1. The molecule has 0 aliphatic heterocycles. The molecule has 2 N–H and O–H groups in total. The summed E-state index contributed by atoms with van der Waals surface area (Å²) >= 11 is 0. The van der Waals surface area contributed by atoms with Crippen LogP contribution in [0.25, 0.3) is 11.0 Å². The lowest BCUT2D eigenvalue weighted by Gasteiger charge is -2.06. The largest absolute Gasteiger partial charge is 0.460 e. The summed E-state index contributed by atoms with van der Waals surface area (Å²) < 4.78 is 37.3. The lowest BCUT2D eigenvalue weighted by atomic mass is 10.2. The van der Waals surface area contributed by atoms with E-state index >= 15 is 0 Å². The van der Waals surface area contributed by atoms with Gasteiger partial charge in [-0.15, -0.1) is 0 Å². The number of ether oxygens (including phenoxy) is 1. The summed E-state index contributed by atoms with van der Waals surface area (Å²) in [6, 6.07) is 8.45. The summed E-state index contributed by atoms with van der Waals surface area (Å²) in [6.07, 6.45) is 1.39. The highest BCUT2D eigenvalue weighted by atomic mass is 32.2. The van der Waals surface area contributed by atoms with Crippen LogP contribution in [0.5, 0.6) is 0 Å². The number of aromatic amines is 1. The number of hydrogen-bond acceptors (Lipinski definition) is 6. The van der Waals surface area contributed by atoms with E-state index < -0.39 is 21.6 Å². The maximum absolute atomic E-state index is 12.4. The highest BCUT2D eigenvalue weighted by Gasteiger charge is 2.19. The minimum absolute atomic E-state index is 0.0149. The van der Waals surface area contributed by atoms with Gasteiger partial charge in [-0.25, -0.2) is 13.2 Å². The Balaban J connectivity index is 1.96. The van der Waals surface area contributed by atoms with E-state index in [4.69, 9.17) is 9.15 Å². The summed E-state index contributed by atoms with van der Waals surface area (Å²) in [6.45, 7) is 1.87. The van der Waals surface area contributed by atoms with Gasteiger partial charge in [0.1, 0.15) is 11.3 Å². The monoisotopic (exact) mass is 362 g/mol. The van der Waals surface area contributed by atoms with Crippen molar-refractivity contribution < 1.29 is 22.4 Å². The molecule has 0 atom stereocenters. The van der Waals surface area contributed by atoms with Crippen LogP contribution in [0.3, 0.4) is 0 Å². The quantitative estimate of drug-likeness (QED) is 0.671. The molecular weight excluding hydrogens is 348 g/mol.